The summed E-state index contributed by atoms with van der Waals surface area (Å²) >= 11 is 0. The maximum atomic E-state index is 12.3. The Kier molecular flexibility index (Phi) is 5.00. The Morgan fingerprint density at radius 2 is 1.57 bits per heavy atom. The Labute approximate surface area is 163 Å². The quantitative estimate of drug-likeness (QED) is 0.482. The summed E-state index contributed by atoms with van der Waals surface area (Å²) in [5.41, 5.74) is 4.85. The van der Waals surface area contributed by atoms with Crippen molar-refractivity contribution >= 4 is 27.7 Å². The van der Waals surface area contributed by atoms with Crippen LogP contribution < -0.4 is 10.1 Å². The van der Waals surface area contributed by atoms with Crippen molar-refractivity contribution in [3.8, 4) is 5.75 Å². The van der Waals surface area contributed by atoms with Crippen molar-refractivity contribution in [2.45, 2.75) is 19.6 Å². The molecule has 0 aliphatic carbocycles. The van der Waals surface area contributed by atoms with Crippen LogP contribution in [0.2, 0.25) is 0 Å². The molecule has 5 nitrogen and oxygen atoms in total. The molecule has 1 heterocycles. The number of methoxy groups -OCH3 is 1. The van der Waals surface area contributed by atoms with Crippen molar-refractivity contribution in [3.63, 3.8) is 0 Å². The molecule has 0 spiro atoms. The van der Waals surface area contributed by atoms with Gasteiger partial charge >= 0.3 is 0 Å². The average Bonchev–Trinajstić information content (AvgIpc) is 3.09. The lowest BCUT2D eigenvalue weighted by Crippen LogP contribution is -2.24. The summed E-state index contributed by atoms with van der Waals surface area (Å²) in [6.07, 6.45) is 0.323. The van der Waals surface area contributed by atoms with Crippen LogP contribution in [-0.4, -0.2) is 23.1 Å². The summed E-state index contributed by atoms with van der Waals surface area (Å²) in [4.78, 5) is 15.7. The lowest BCUT2D eigenvalue weighted by molar-refractivity contribution is -0.120. The topological polar surface area (TPSA) is 74.4 Å². The van der Waals surface area contributed by atoms with Gasteiger partial charge in [0.25, 0.3) is 0 Å². The van der Waals surface area contributed by atoms with Crippen LogP contribution in [0.15, 0.2) is 60.7 Å². The number of benzene rings is 3. The normalized spacial score (nSPS) is 11.1. The highest BCUT2D eigenvalue weighted by Crippen LogP contribution is 2.29. The molecule has 0 fully saturated rings. The fourth-order valence-corrected chi connectivity index (χ4v) is 3.38. The first-order valence-corrected chi connectivity index (χ1v) is 9.20. The number of carbonyl (C=O) groups excluding carboxylic acids is 1. The van der Waals surface area contributed by atoms with Gasteiger partial charge in [0.15, 0.2) is 0 Å². The summed E-state index contributed by atoms with van der Waals surface area (Å²) in [7, 11) is 1.65. The van der Waals surface area contributed by atoms with Crippen molar-refractivity contribution in [1.82, 2.24) is 10.3 Å². The number of aromatic nitrogens is 1. The highest BCUT2D eigenvalue weighted by atomic mass is 16.5. The number of aromatic amines is 1. The van der Waals surface area contributed by atoms with Crippen LogP contribution in [0.5, 0.6) is 5.75 Å². The van der Waals surface area contributed by atoms with E-state index in [1.54, 1.807) is 7.11 Å². The molecule has 0 saturated heterocycles. The van der Waals surface area contributed by atoms with Crippen LogP contribution in [0, 0.1) is 0 Å². The van der Waals surface area contributed by atoms with Gasteiger partial charge in [0, 0.05) is 28.9 Å². The zero-order valence-corrected chi connectivity index (χ0v) is 15.7. The lowest BCUT2D eigenvalue weighted by Gasteiger charge is -2.06. The Morgan fingerprint density at radius 3 is 2.29 bits per heavy atom. The van der Waals surface area contributed by atoms with Gasteiger partial charge in [-0.2, -0.15) is 0 Å². The van der Waals surface area contributed by atoms with Crippen LogP contribution in [0.4, 0.5) is 0 Å². The van der Waals surface area contributed by atoms with Crippen molar-refractivity contribution in [3.05, 3.63) is 77.4 Å². The van der Waals surface area contributed by atoms with Gasteiger partial charge in [0.05, 0.1) is 25.7 Å². The summed E-state index contributed by atoms with van der Waals surface area (Å²) in [5.74, 6) is 0.786. The summed E-state index contributed by atoms with van der Waals surface area (Å²) in [6, 6.07) is 19.6. The van der Waals surface area contributed by atoms with Crippen LogP contribution in [0.3, 0.4) is 0 Å². The minimum atomic E-state index is -0.0247. The van der Waals surface area contributed by atoms with Crippen molar-refractivity contribution in [2.75, 3.05) is 7.11 Å². The first-order chi connectivity index (χ1) is 13.7. The molecule has 1 aromatic heterocycles. The summed E-state index contributed by atoms with van der Waals surface area (Å²) in [5, 5.41) is 14.3. The maximum absolute atomic E-state index is 12.3. The van der Waals surface area contributed by atoms with Crippen molar-refractivity contribution < 1.29 is 14.6 Å². The zero-order chi connectivity index (χ0) is 19.5. The molecule has 0 bridgehead atoms. The van der Waals surface area contributed by atoms with Crippen LogP contribution >= 0.6 is 0 Å². The molecule has 0 aliphatic heterocycles. The van der Waals surface area contributed by atoms with Gasteiger partial charge in [-0.05, 0) is 34.9 Å². The largest absolute Gasteiger partial charge is 0.497 e. The number of fused-ring (bicyclic) bond motifs is 3. The van der Waals surface area contributed by atoms with Crippen LogP contribution in [0.25, 0.3) is 21.8 Å². The van der Waals surface area contributed by atoms with E-state index in [1.807, 2.05) is 54.6 Å². The molecule has 4 rings (SSSR count). The third kappa shape index (κ3) is 3.70. The van der Waals surface area contributed by atoms with Crippen LogP contribution in [0.1, 0.15) is 16.7 Å². The SMILES string of the molecule is COc1ccc2c(c1)[nH]c1cc(CC(=O)NCc3ccc(CO)cc3)ccc12. The highest BCUT2D eigenvalue weighted by Gasteiger charge is 2.09. The number of hydrogen-bond donors (Lipinski definition) is 3. The molecule has 3 aromatic carbocycles. The molecule has 0 aliphatic rings. The highest BCUT2D eigenvalue weighted by molar-refractivity contribution is 6.07. The number of rotatable bonds is 6. The molecular formula is C23H22N2O3. The number of H-pyrrole nitrogens is 1. The van der Waals surface area contributed by atoms with Crippen molar-refractivity contribution in [2.24, 2.45) is 0 Å². The van der Waals surface area contributed by atoms with E-state index in [0.717, 1.165) is 44.2 Å². The number of amides is 1. The summed E-state index contributed by atoms with van der Waals surface area (Å²) < 4.78 is 5.29. The van der Waals surface area contributed by atoms with E-state index < -0.39 is 0 Å². The smallest absolute Gasteiger partial charge is 0.224 e. The molecule has 0 atom stereocenters. The van der Waals surface area contributed by atoms with E-state index >= 15 is 0 Å². The molecule has 4 aromatic rings. The second kappa shape index (κ2) is 7.74. The van der Waals surface area contributed by atoms with Gasteiger partial charge in [0.2, 0.25) is 5.91 Å². The maximum Gasteiger partial charge on any atom is 0.224 e. The van der Waals surface area contributed by atoms with Gasteiger partial charge in [-0.3, -0.25) is 4.79 Å². The Hall–Kier alpha value is -3.31. The average molecular weight is 374 g/mol. The zero-order valence-electron chi connectivity index (χ0n) is 15.7. The lowest BCUT2D eigenvalue weighted by atomic mass is 10.1. The van der Waals surface area contributed by atoms with Gasteiger partial charge in [-0.1, -0.05) is 36.4 Å². The van der Waals surface area contributed by atoms with Gasteiger partial charge in [0.1, 0.15) is 5.75 Å². The van der Waals surface area contributed by atoms with E-state index in [-0.39, 0.29) is 12.5 Å². The molecule has 142 valence electrons. The molecular weight excluding hydrogens is 352 g/mol. The number of carbonyl (C=O) groups is 1. The molecule has 28 heavy (non-hydrogen) atoms. The van der Waals surface area contributed by atoms with Gasteiger partial charge in [-0.25, -0.2) is 0 Å². The van der Waals surface area contributed by atoms with Gasteiger partial charge < -0.3 is 20.1 Å². The number of aliphatic hydroxyl groups is 1. The first-order valence-electron chi connectivity index (χ1n) is 9.20. The monoisotopic (exact) mass is 374 g/mol. The first kappa shape index (κ1) is 18.1. The number of aliphatic hydroxyl groups excluding tert-OH is 1. The molecule has 0 saturated carbocycles. The minimum absolute atomic E-state index is 0.0235. The standard InChI is InChI=1S/C23H22N2O3/c1-28-18-7-9-20-19-8-6-17(10-21(19)25-22(20)12-18)11-23(27)24-13-15-2-4-16(14-26)5-3-15/h2-10,12,25-26H,11,13-14H2,1H3,(H,24,27). The number of hydrogen-bond acceptors (Lipinski definition) is 3. The van der Waals surface area contributed by atoms with Gasteiger partial charge in [-0.15, -0.1) is 0 Å². The third-order valence-corrected chi connectivity index (χ3v) is 4.93. The number of nitrogens with one attached hydrogen (secondary N) is 2. The van der Waals surface area contributed by atoms with E-state index in [9.17, 15) is 4.79 Å². The van der Waals surface area contributed by atoms with E-state index in [2.05, 4.69) is 16.4 Å². The predicted octanol–water partition coefficient (Wildman–Crippen LogP) is 3.68. The fraction of sp³-hybridized carbons (Fsp3) is 0.174. The predicted molar refractivity (Wildman–Crippen MR) is 110 cm³/mol. The Morgan fingerprint density at radius 1 is 0.929 bits per heavy atom. The second-order valence-electron chi connectivity index (χ2n) is 6.84. The molecule has 3 N–H and O–H groups in total. The molecule has 0 radical (unpaired) electrons. The van der Waals surface area contributed by atoms with E-state index in [4.69, 9.17) is 9.84 Å². The number of ether oxygens (including phenoxy) is 1. The summed E-state index contributed by atoms with van der Waals surface area (Å²) in [6.45, 7) is 0.495. The fourth-order valence-electron chi connectivity index (χ4n) is 3.38. The van der Waals surface area contributed by atoms with Crippen molar-refractivity contribution in [1.29, 1.82) is 0 Å². The van der Waals surface area contributed by atoms with E-state index in [1.165, 1.54) is 0 Å². The minimum Gasteiger partial charge on any atom is -0.497 e. The molecule has 0 unspecified atom stereocenters. The van der Waals surface area contributed by atoms with Crippen LogP contribution in [-0.2, 0) is 24.4 Å². The van der Waals surface area contributed by atoms with E-state index in [0.29, 0.717) is 13.0 Å². The molecule has 1 amide bonds. The Bertz CT molecular complexity index is 1130. The Balaban J connectivity index is 1.46. The second-order valence-corrected chi connectivity index (χ2v) is 6.84. The molecule has 5 heteroatoms. The third-order valence-electron chi connectivity index (χ3n) is 4.93.